The Morgan fingerprint density at radius 2 is 2.14 bits per heavy atom. The zero-order chi connectivity index (χ0) is 15.4. The molecule has 1 aromatic heterocycles. The van der Waals surface area contributed by atoms with Crippen LogP contribution in [0.5, 0.6) is 0 Å². The van der Waals surface area contributed by atoms with E-state index in [4.69, 9.17) is 5.73 Å². The van der Waals surface area contributed by atoms with Crippen LogP contribution in [0.15, 0.2) is 35.7 Å². The number of benzene rings is 1. The van der Waals surface area contributed by atoms with E-state index in [1.807, 2.05) is 35.7 Å². The minimum atomic E-state index is 0.0802. The van der Waals surface area contributed by atoms with Crippen LogP contribution < -0.4 is 11.1 Å². The molecule has 3 N–H and O–H groups in total. The van der Waals surface area contributed by atoms with Crippen molar-refractivity contribution in [2.75, 3.05) is 0 Å². The quantitative estimate of drug-likeness (QED) is 0.891. The molecule has 0 spiro atoms. The number of hydrogen-bond donors (Lipinski definition) is 2. The lowest BCUT2D eigenvalue weighted by atomic mass is 10.00. The van der Waals surface area contributed by atoms with Gasteiger partial charge < -0.3 is 11.1 Å². The number of thiazole rings is 1. The lowest BCUT2D eigenvalue weighted by Gasteiger charge is -2.14. The van der Waals surface area contributed by atoms with Crippen LogP contribution in [0.2, 0.25) is 0 Å². The minimum Gasteiger partial charge on any atom is -0.350 e. The summed E-state index contributed by atoms with van der Waals surface area (Å²) in [6, 6.07) is 10.3. The molecular weight excluding hydrogens is 294 g/mol. The molecule has 2 atom stereocenters. The van der Waals surface area contributed by atoms with Gasteiger partial charge in [-0.25, -0.2) is 4.98 Å². The number of amides is 1. The average molecular weight is 315 g/mol. The Balaban J connectivity index is 1.51. The van der Waals surface area contributed by atoms with E-state index >= 15 is 0 Å². The van der Waals surface area contributed by atoms with Gasteiger partial charge in [-0.3, -0.25) is 4.79 Å². The molecule has 0 unspecified atom stereocenters. The topological polar surface area (TPSA) is 68.0 Å². The summed E-state index contributed by atoms with van der Waals surface area (Å²) in [5.41, 5.74) is 8.03. The molecule has 0 aliphatic heterocycles. The predicted molar refractivity (Wildman–Crippen MR) is 89.3 cm³/mol. The van der Waals surface area contributed by atoms with Gasteiger partial charge >= 0.3 is 0 Å². The molecule has 1 amide bonds. The van der Waals surface area contributed by atoms with Gasteiger partial charge in [0.1, 0.15) is 5.01 Å². The summed E-state index contributed by atoms with van der Waals surface area (Å²) < 4.78 is 0. The molecule has 4 nitrogen and oxygen atoms in total. The van der Waals surface area contributed by atoms with Crippen LogP contribution in [-0.2, 0) is 11.3 Å². The van der Waals surface area contributed by atoms with Gasteiger partial charge in [0, 0.05) is 23.4 Å². The van der Waals surface area contributed by atoms with E-state index in [1.54, 1.807) is 11.3 Å². The zero-order valence-electron chi connectivity index (χ0n) is 12.5. The van der Waals surface area contributed by atoms with Gasteiger partial charge in [-0.15, -0.1) is 11.3 Å². The SMILES string of the molecule is N[C@@H]1CCC[C@H]1CC(=O)NCc1csc(-c2ccccc2)n1. The van der Waals surface area contributed by atoms with Crippen molar-refractivity contribution < 1.29 is 4.79 Å². The molecule has 2 aromatic rings. The predicted octanol–water partition coefficient (Wildman–Crippen LogP) is 2.94. The van der Waals surface area contributed by atoms with Crippen LogP contribution in [0.3, 0.4) is 0 Å². The molecule has 3 rings (SSSR count). The van der Waals surface area contributed by atoms with Crippen molar-refractivity contribution in [2.24, 2.45) is 11.7 Å². The second-order valence-electron chi connectivity index (χ2n) is 5.85. The van der Waals surface area contributed by atoms with E-state index in [-0.39, 0.29) is 11.9 Å². The highest BCUT2D eigenvalue weighted by Gasteiger charge is 2.25. The number of carbonyl (C=O) groups excluding carboxylic acids is 1. The number of hydrogen-bond acceptors (Lipinski definition) is 4. The molecule has 1 aliphatic rings. The fourth-order valence-corrected chi connectivity index (χ4v) is 3.75. The highest BCUT2D eigenvalue weighted by Crippen LogP contribution is 2.27. The summed E-state index contributed by atoms with van der Waals surface area (Å²) in [4.78, 5) is 16.6. The van der Waals surface area contributed by atoms with E-state index < -0.39 is 0 Å². The first-order chi connectivity index (χ1) is 10.7. The van der Waals surface area contributed by atoms with Crippen LogP contribution in [0.4, 0.5) is 0 Å². The van der Waals surface area contributed by atoms with E-state index in [1.165, 1.54) is 0 Å². The molecule has 0 radical (unpaired) electrons. The van der Waals surface area contributed by atoms with Gasteiger partial charge in [0.25, 0.3) is 0 Å². The zero-order valence-corrected chi connectivity index (χ0v) is 13.3. The van der Waals surface area contributed by atoms with Gasteiger partial charge in [0.05, 0.1) is 12.2 Å². The molecule has 1 saturated carbocycles. The fourth-order valence-electron chi connectivity index (χ4n) is 2.92. The number of rotatable bonds is 5. The molecule has 0 saturated heterocycles. The fraction of sp³-hybridized carbons (Fsp3) is 0.412. The largest absolute Gasteiger partial charge is 0.350 e. The molecule has 1 heterocycles. The van der Waals surface area contributed by atoms with Gasteiger partial charge in [-0.05, 0) is 18.8 Å². The summed E-state index contributed by atoms with van der Waals surface area (Å²) in [5, 5.41) is 5.95. The molecule has 22 heavy (non-hydrogen) atoms. The van der Waals surface area contributed by atoms with E-state index in [2.05, 4.69) is 10.3 Å². The first-order valence-corrected chi connectivity index (χ1v) is 8.62. The summed E-state index contributed by atoms with van der Waals surface area (Å²) in [6.45, 7) is 0.490. The summed E-state index contributed by atoms with van der Waals surface area (Å²) >= 11 is 1.61. The monoisotopic (exact) mass is 315 g/mol. The van der Waals surface area contributed by atoms with Crippen LogP contribution in [0, 0.1) is 5.92 Å². The third kappa shape index (κ3) is 3.72. The second-order valence-corrected chi connectivity index (χ2v) is 6.70. The van der Waals surface area contributed by atoms with Gasteiger partial charge in [-0.1, -0.05) is 36.8 Å². The van der Waals surface area contributed by atoms with Crippen LogP contribution in [0.1, 0.15) is 31.4 Å². The normalized spacial score (nSPS) is 21.0. The van der Waals surface area contributed by atoms with E-state index in [0.29, 0.717) is 18.9 Å². The minimum absolute atomic E-state index is 0.0802. The maximum Gasteiger partial charge on any atom is 0.220 e. The maximum atomic E-state index is 12.0. The second kappa shape index (κ2) is 7.03. The smallest absolute Gasteiger partial charge is 0.220 e. The first-order valence-electron chi connectivity index (χ1n) is 7.74. The lowest BCUT2D eigenvalue weighted by Crippen LogP contribution is -2.31. The van der Waals surface area contributed by atoms with Crippen LogP contribution >= 0.6 is 11.3 Å². The standard InChI is InChI=1S/C17H21N3OS/c18-15-8-4-7-13(15)9-16(21)19-10-14-11-22-17(20-14)12-5-2-1-3-6-12/h1-3,5-6,11,13,15H,4,7-10,18H2,(H,19,21)/t13-,15+/m0/s1. The summed E-state index contributed by atoms with van der Waals surface area (Å²) in [6.07, 6.45) is 3.80. The van der Waals surface area contributed by atoms with Crippen molar-refractivity contribution in [3.63, 3.8) is 0 Å². The number of nitrogens with two attached hydrogens (primary N) is 1. The summed E-state index contributed by atoms with van der Waals surface area (Å²) in [7, 11) is 0. The van der Waals surface area contributed by atoms with Crippen molar-refractivity contribution in [1.29, 1.82) is 0 Å². The Morgan fingerprint density at radius 3 is 2.86 bits per heavy atom. The Hall–Kier alpha value is -1.72. The Kier molecular flexibility index (Phi) is 4.85. The lowest BCUT2D eigenvalue weighted by molar-refractivity contribution is -0.122. The maximum absolute atomic E-state index is 12.0. The Morgan fingerprint density at radius 1 is 1.32 bits per heavy atom. The Labute approximate surface area is 134 Å². The highest BCUT2D eigenvalue weighted by atomic mass is 32.1. The number of aromatic nitrogens is 1. The number of carbonyl (C=O) groups is 1. The van der Waals surface area contributed by atoms with E-state index in [0.717, 1.165) is 35.5 Å². The molecule has 1 fully saturated rings. The third-order valence-corrected chi connectivity index (χ3v) is 5.14. The highest BCUT2D eigenvalue weighted by molar-refractivity contribution is 7.13. The van der Waals surface area contributed by atoms with Crippen LogP contribution in [-0.4, -0.2) is 16.9 Å². The molecule has 5 heteroatoms. The van der Waals surface area contributed by atoms with Crippen LogP contribution in [0.25, 0.3) is 10.6 Å². The van der Waals surface area contributed by atoms with Crippen molar-refractivity contribution in [2.45, 2.75) is 38.3 Å². The molecule has 116 valence electrons. The molecule has 1 aliphatic carbocycles. The van der Waals surface area contributed by atoms with Crippen molar-refractivity contribution in [3.8, 4) is 10.6 Å². The average Bonchev–Trinajstić information content (AvgIpc) is 3.16. The summed E-state index contributed by atoms with van der Waals surface area (Å²) in [5.74, 6) is 0.423. The Bertz CT molecular complexity index is 626. The third-order valence-electron chi connectivity index (χ3n) is 4.20. The van der Waals surface area contributed by atoms with Gasteiger partial charge in [0.15, 0.2) is 0 Å². The van der Waals surface area contributed by atoms with Gasteiger partial charge in [-0.2, -0.15) is 0 Å². The molecular formula is C17H21N3OS. The first kappa shape index (κ1) is 15.2. The van der Waals surface area contributed by atoms with Crippen molar-refractivity contribution in [3.05, 3.63) is 41.4 Å². The van der Waals surface area contributed by atoms with Gasteiger partial charge in [0.2, 0.25) is 5.91 Å². The number of nitrogens with zero attached hydrogens (tertiary/aromatic N) is 1. The molecule has 0 bridgehead atoms. The van der Waals surface area contributed by atoms with Crippen molar-refractivity contribution >= 4 is 17.2 Å². The number of nitrogens with one attached hydrogen (secondary N) is 1. The molecule has 1 aromatic carbocycles. The van der Waals surface area contributed by atoms with Crippen molar-refractivity contribution in [1.82, 2.24) is 10.3 Å². The van der Waals surface area contributed by atoms with E-state index in [9.17, 15) is 4.79 Å².